The summed E-state index contributed by atoms with van der Waals surface area (Å²) < 4.78 is 5.95. The fourth-order valence-electron chi connectivity index (χ4n) is 4.21. The molecule has 0 unspecified atom stereocenters. The monoisotopic (exact) mass is 468 g/mol. The fourth-order valence-corrected chi connectivity index (χ4v) is 4.38. The molecule has 0 saturated carbocycles. The molecule has 0 saturated heterocycles. The molecule has 4 nitrogen and oxygen atoms in total. The van der Waals surface area contributed by atoms with Crippen molar-refractivity contribution in [2.45, 2.75) is 19.5 Å². The number of ether oxygens (including phenoxy) is 1. The average molecular weight is 469 g/mol. The molecule has 1 aliphatic heterocycles. The number of nitrogens with one attached hydrogen (secondary N) is 1. The molecule has 5 heteroatoms. The number of fused-ring (bicyclic) bond motifs is 1. The molecule has 1 aliphatic rings. The lowest BCUT2D eigenvalue weighted by Crippen LogP contribution is -2.29. The van der Waals surface area contributed by atoms with Crippen molar-refractivity contribution in [1.82, 2.24) is 4.90 Å². The summed E-state index contributed by atoms with van der Waals surface area (Å²) in [5, 5.41) is 3.46. The zero-order valence-electron chi connectivity index (χ0n) is 18.7. The highest BCUT2D eigenvalue weighted by molar-refractivity contribution is 6.31. The Morgan fingerprint density at radius 1 is 0.882 bits per heavy atom. The minimum atomic E-state index is -0.210. The van der Waals surface area contributed by atoms with Gasteiger partial charge in [0, 0.05) is 30.2 Å². The summed E-state index contributed by atoms with van der Waals surface area (Å²) in [5.74, 6) is 1.01. The number of carbonyl (C=O) groups excluding carboxylic acids is 1. The number of anilines is 1. The van der Waals surface area contributed by atoms with E-state index in [1.807, 2.05) is 54.6 Å². The maximum atomic E-state index is 12.9. The largest absolute Gasteiger partial charge is 0.455 e. The lowest BCUT2D eigenvalue weighted by atomic mass is 9.99. The van der Waals surface area contributed by atoms with Gasteiger partial charge in [0.2, 0.25) is 0 Å². The second-order valence-electron chi connectivity index (χ2n) is 8.44. The van der Waals surface area contributed by atoms with Gasteiger partial charge in [0.15, 0.2) is 5.75 Å². The van der Waals surface area contributed by atoms with Crippen LogP contribution in [0.2, 0.25) is 5.02 Å². The maximum absolute atomic E-state index is 12.9. The quantitative estimate of drug-likeness (QED) is 0.333. The zero-order chi connectivity index (χ0) is 23.3. The van der Waals surface area contributed by atoms with E-state index in [0.717, 1.165) is 26.1 Å². The van der Waals surface area contributed by atoms with Crippen LogP contribution < -0.4 is 10.1 Å². The maximum Gasteiger partial charge on any atom is 0.255 e. The van der Waals surface area contributed by atoms with Gasteiger partial charge in [0.1, 0.15) is 5.75 Å². The number of nitrogens with zero attached hydrogens (tertiary/aromatic N) is 1. The lowest BCUT2D eigenvalue weighted by Gasteiger charge is -2.28. The first-order chi connectivity index (χ1) is 16.6. The Hall–Kier alpha value is -3.60. The molecule has 1 heterocycles. The third-order valence-corrected chi connectivity index (χ3v) is 6.23. The van der Waals surface area contributed by atoms with Gasteiger partial charge in [-0.2, -0.15) is 0 Å². The van der Waals surface area contributed by atoms with Crippen LogP contribution in [-0.2, 0) is 19.5 Å². The second kappa shape index (κ2) is 10.1. The van der Waals surface area contributed by atoms with E-state index in [9.17, 15) is 4.79 Å². The van der Waals surface area contributed by atoms with E-state index in [0.29, 0.717) is 27.8 Å². The Morgan fingerprint density at radius 3 is 2.41 bits per heavy atom. The minimum absolute atomic E-state index is 0.210. The van der Waals surface area contributed by atoms with Gasteiger partial charge in [0.05, 0.1) is 5.69 Å². The molecule has 1 amide bonds. The van der Waals surface area contributed by atoms with E-state index in [2.05, 4.69) is 34.5 Å². The van der Waals surface area contributed by atoms with E-state index < -0.39 is 0 Å². The third-order valence-electron chi connectivity index (χ3n) is 5.99. The number of hydrogen-bond acceptors (Lipinski definition) is 3. The number of benzene rings is 4. The van der Waals surface area contributed by atoms with Gasteiger partial charge in [-0.15, -0.1) is 0 Å². The second-order valence-corrected chi connectivity index (χ2v) is 8.87. The van der Waals surface area contributed by atoms with Gasteiger partial charge in [0.25, 0.3) is 5.91 Å². The summed E-state index contributed by atoms with van der Waals surface area (Å²) >= 11 is 6.18. The third kappa shape index (κ3) is 5.30. The van der Waals surface area contributed by atoms with E-state index in [1.165, 1.54) is 16.7 Å². The topological polar surface area (TPSA) is 41.6 Å². The Morgan fingerprint density at radius 2 is 1.62 bits per heavy atom. The van der Waals surface area contributed by atoms with Gasteiger partial charge >= 0.3 is 0 Å². The van der Waals surface area contributed by atoms with Crippen LogP contribution in [-0.4, -0.2) is 17.4 Å². The summed E-state index contributed by atoms with van der Waals surface area (Å²) in [6, 6.07) is 31.0. The predicted molar refractivity (Wildman–Crippen MR) is 137 cm³/mol. The van der Waals surface area contributed by atoms with Crippen LogP contribution in [0.15, 0.2) is 97.1 Å². The molecule has 5 rings (SSSR count). The van der Waals surface area contributed by atoms with Crippen molar-refractivity contribution in [3.8, 4) is 11.5 Å². The van der Waals surface area contributed by atoms with Gasteiger partial charge < -0.3 is 10.1 Å². The molecule has 0 atom stereocenters. The molecular formula is C29H25ClN2O2. The molecule has 34 heavy (non-hydrogen) atoms. The van der Waals surface area contributed by atoms with Crippen LogP contribution in [0.4, 0.5) is 5.69 Å². The van der Waals surface area contributed by atoms with Crippen LogP contribution in [0.1, 0.15) is 27.0 Å². The smallest absolute Gasteiger partial charge is 0.255 e. The Labute approximate surface area is 204 Å². The van der Waals surface area contributed by atoms with Crippen LogP contribution in [0, 0.1) is 0 Å². The number of hydrogen-bond donors (Lipinski definition) is 1. The summed E-state index contributed by atoms with van der Waals surface area (Å²) in [6.45, 7) is 2.86. The minimum Gasteiger partial charge on any atom is -0.455 e. The molecule has 4 aromatic rings. The number of para-hydroxylation sites is 1. The molecule has 1 N–H and O–H groups in total. The first-order valence-electron chi connectivity index (χ1n) is 11.4. The summed E-state index contributed by atoms with van der Waals surface area (Å²) in [5.41, 5.74) is 5.14. The molecule has 0 aliphatic carbocycles. The van der Waals surface area contributed by atoms with Crippen molar-refractivity contribution in [2.24, 2.45) is 0 Å². The van der Waals surface area contributed by atoms with Crippen molar-refractivity contribution in [3.05, 3.63) is 124 Å². The molecule has 0 radical (unpaired) electrons. The molecule has 0 fully saturated rings. The van der Waals surface area contributed by atoms with E-state index in [1.54, 1.807) is 18.2 Å². The van der Waals surface area contributed by atoms with Gasteiger partial charge in [-0.25, -0.2) is 0 Å². The van der Waals surface area contributed by atoms with E-state index >= 15 is 0 Å². The molecule has 4 aromatic carbocycles. The van der Waals surface area contributed by atoms with Crippen molar-refractivity contribution in [3.63, 3.8) is 0 Å². The number of carbonyl (C=O) groups is 1. The SMILES string of the molecule is O=C(Nc1cc(Cl)ccc1Oc1ccccc1)c1ccc(CN2CCc3ccccc3C2)cc1. The standard InChI is InChI=1S/C29H25ClN2O2/c30-25-14-15-28(34-26-8-2-1-3-9-26)27(18-25)31-29(33)23-12-10-21(11-13-23)19-32-17-16-22-6-4-5-7-24(22)20-32/h1-15,18H,16-17,19-20H2,(H,31,33). The Bertz CT molecular complexity index is 1290. The van der Waals surface area contributed by atoms with Crippen molar-refractivity contribution in [1.29, 1.82) is 0 Å². The van der Waals surface area contributed by atoms with E-state index in [-0.39, 0.29) is 5.91 Å². The molecule has 170 valence electrons. The van der Waals surface area contributed by atoms with Gasteiger partial charge in [-0.1, -0.05) is 66.2 Å². The van der Waals surface area contributed by atoms with Gasteiger partial charge in [-0.3, -0.25) is 9.69 Å². The average Bonchev–Trinajstić information content (AvgIpc) is 2.87. The fraction of sp³-hybridized carbons (Fsp3) is 0.138. The highest BCUT2D eigenvalue weighted by atomic mass is 35.5. The highest BCUT2D eigenvalue weighted by Gasteiger charge is 2.16. The molecule has 0 aromatic heterocycles. The number of halogens is 1. The molecule has 0 spiro atoms. The van der Waals surface area contributed by atoms with Crippen LogP contribution in [0.5, 0.6) is 11.5 Å². The Balaban J connectivity index is 1.25. The summed E-state index contributed by atoms with van der Waals surface area (Å²) in [4.78, 5) is 15.4. The highest BCUT2D eigenvalue weighted by Crippen LogP contribution is 2.32. The predicted octanol–water partition coefficient (Wildman–Crippen LogP) is 6.94. The number of rotatable bonds is 6. The van der Waals surface area contributed by atoms with Crippen LogP contribution in [0.25, 0.3) is 0 Å². The zero-order valence-corrected chi connectivity index (χ0v) is 19.5. The van der Waals surface area contributed by atoms with Crippen LogP contribution in [0.3, 0.4) is 0 Å². The molecular weight excluding hydrogens is 444 g/mol. The first-order valence-corrected chi connectivity index (χ1v) is 11.7. The summed E-state index contributed by atoms with van der Waals surface area (Å²) in [7, 11) is 0. The van der Waals surface area contributed by atoms with Crippen molar-refractivity contribution >= 4 is 23.2 Å². The van der Waals surface area contributed by atoms with Gasteiger partial charge in [-0.05, 0) is 65.6 Å². The molecule has 0 bridgehead atoms. The van der Waals surface area contributed by atoms with Crippen molar-refractivity contribution in [2.75, 3.05) is 11.9 Å². The van der Waals surface area contributed by atoms with Crippen molar-refractivity contribution < 1.29 is 9.53 Å². The lowest BCUT2D eigenvalue weighted by molar-refractivity contribution is 0.102. The normalized spacial score (nSPS) is 13.2. The first kappa shape index (κ1) is 22.2. The van der Waals surface area contributed by atoms with E-state index in [4.69, 9.17) is 16.3 Å². The summed E-state index contributed by atoms with van der Waals surface area (Å²) in [6.07, 6.45) is 1.07. The van der Waals surface area contributed by atoms with Crippen LogP contribution >= 0.6 is 11.6 Å². The Kier molecular flexibility index (Phi) is 6.61. The number of amides is 1.